The Bertz CT molecular complexity index is 4060. The first-order chi connectivity index (χ1) is 45.1. The topological polar surface area (TPSA) is 23.3 Å². The number of pyridine rings is 6. The molecule has 6 heterocycles. The lowest BCUT2D eigenvalue weighted by molar-refractivity contribution is -0.661. The Labute approximate surface area is 599 Å². The van der Waals surface area contributed by atoms with Crippen molar-refractivity contribution in [2.24, 2.45) is 42.3 Å². The van der Waals surface area contributed by atoms with Crippen molar-refractivity contribution in [3.63, 3.8) is 0 Å². The zero-order valence-electron chi connectivity index (χ0n) is 68.1. The number of halogens is 2. The van der Waals surface area contributed by atoms with Gasteiger partial charge in [0.1, 0.15) is 53.9 Å². The third kappa shape index (κ3) is 17.3. The number of aromatic nitrogens is 6. The standard InChI is InChI=1S/C35H52N2.C29H40N2.C27H34F2N2/c1-23-30(28-20-24(32(2,3)4)16-18-36(28)14)26(34(8,9)10)22-27(35(11,12)13)31(23)29-21-25(33(5,6)7)17-19-37(29)15;1-19-16-20(2)27(25-18-23(29(7,8)9)13-15-31(25)11)21(3)26(19)24-17-22(28(4,5)6)12-14-30(24)10;1-17-24(22-14-18(26(2,3)4)10-12-30(22)8)20(28)16-21(29)25(17)23-15-19(27(5,6)7)11-13-31(23)9/h16-22H,1-15H3;12-18H,1-11H3;10-16H,1-9H3/q3*+2. The molecule has 0 aliphatic rings. The fourth-order valence-electron chi connectivity index (χ4n) is 13.7. The highest BCUT2D eigenvalue weighted by Gasteiger charge is 2.37. The Hall–Kier alpha value is -7.58. The van der Waals surface area contributed by atoms with E-state index in [4.69, 9.17) is 0 Å². The number of hydrogen-bond donors (Lipinski definition) is 0. The van der Waals surface area contributed by atoms with E-state index >= 15 is 8.78 Å². The monoisotopic (exact) mass is 1340 g/mol. The highest BCUT2D eigenvalue weighted by Crippen LogP contribution is 2.46. The van der Waals surface area contributed by atoms with Crippen molar-refractivity contribution in [1.29, 1.82) is 0 Å². The van der Waals surface area contributed by atoms with Gasteiger partial charge in [-0.15, -0.1) is 0 Å². The van der Waals surface area contributed by atoms with Crippen LogP contribution in [0.1, 0.15) is 238 Å². The van der Waals surface area contributed by atoms with Crippen LogP contribution in [0.2, 0.25) is 0 Å². The van der Waals surface area contributed by atoms with Gasteiger partial charge in [0.05, 0.1) is 33.4 Å². The van der Waals surface area contributed by atoms with Crippen LogP contribution < -0.4 is 27.4 Å². The molecule has 99 heavy (non-hydrogen) atoms. The van der Waals surface area contributed by atoms with Crippen LogP contribution in [0.4, 0.5) is 8.78 Å². The molecule has 0 N–H and O–H groups in total. The molecule has 8 heteroatoms. The smallest absolute Gasteiger partial charge is 0.206 e. The molecule has 0 fully saturated rings. The summed E-state index contributed by atoms with van der Waals surface area (Å²) in [4.78, 5) is 0. The minimum absolute atomic E-state index is 0.00118. The highest BCUT2D eigenvalue weighted by molar-refractivity contribution is 5.82. The molecule has 0 saturated carbocycles. The van der Waals surface area contributed by atoms with E-state index in [1.807, 2.05) is 66.8 Å². The normalized spacial score (nSPS) is 12.7. The van der Waals surface area contributed by atoms with Gasteiger partial charge in [-0.05, 0) is 150 Å². The molecular weight excluding hydrogens is 1220 g/mol. The van der Waals surface area contributed by atoms with E-state index in [1.54, 1.807) is 0 Å². The lowest BCUT2D eigenvalue weighted by Gasteiger charge is -2.31. The van der Waals surface area contributed by atoms with Gasteiger partial charge in [-0.1, -0.05) is 178 Å². The Morgan fingerprint density at radius 1 is 0.222 bits per heavy atom. The predicted molar refractivity (Wildman–Crippen MR) is 412 cm³/mol. The van der Waals surface area contributed by atoms with Crippen LogP contribution in [0.3, 0.4) is 0 Å². The van der Waals surface area contributed by atoms with Crippen LogP contribution in [0.25, 0.3) is 67.5 Å². The Kier molecular flexibility index (Phi) is 22.3. The SMILES string of the molecule is Cc1c(-c2cc(C(C)(C)C)cc[n+]2C)c(C(C)(C)C)cc(C(C)(C)C)c1-c1cc(C(C)(C)C)cc[n+]1C.Cc1c(-c2cc(C(C)(C)C)cc[n+]2C)c(F)cc(F)c1-c1cc(C(C)(C)C)cc[n+]1C.Cc1cc(C)c(-c2cc(C(C)(C)C)cc[n+]2C)c(C)c1-c1cc(C(C)(C)C)cc[n+]1C. The summed E-state index contributed by atoms with van der Waals surface area (Å²) in [5.41, 5.74) is 29.6. The molecule has 3 aromatic carbocycles. The van der Waals surface area contributed by atoms with Crippen molar-refractivity contribution >= 4 is 0 Å². The molecule has 0 bridgehead atoms. The lowest BCUT2D eigenvalue weighted by atomic mass is 9.72. The van der Waals surface area contributed by atoms with Crippen LogP contribution >= 0.6 is 0 Å². The molecule has 0 spiro atoms. The first-order valence-electron chi connectivity index (χ1n) is 35.9. The molecule has 0 atom stereocenters. The van der Waals surface area contributed by atoms with E-state index < -0.39 is 11.6 Å². The Morgan fingerprint density at radius 2 is 0.404 bits per heavy atom. The van der Waals surface area contributed by atoms with Gasteiger partial charge in [0.15, 0.2) is 37.2 Å². The fraction of sp³-hybridized carbons (Fsp3) is 0.473. The summed E-state index contributed by atoms with van der Waals surface area (Å²) >= 11 is 0. The summed E-state index contributed by atoms with van der Waals surface area (Å²) in [7, 11) is 12.5. The Balaban J connectivity index is 0.000000210. The summed E-state index contributed by atoms with van der Waals surface area (Å²) < 4.78 is 43.3. The molecule has 528 valence electrons. The summed E-state index contributed by atoms with van der Waals surface area (Å²) in [6.07, 6.45) is 12.8. The maximum absolute atomic E-state index is 15.2. The maximum Gasteiger partial charge on any atom is 0.215 e. The maximum atomic E-state index is 15.2. The fourth-order valence-corrected chi connectivity index (χ4v) is 13.7. The molecule has 0 unspecified atom stereocenters. The summed E-state index contributed by atoms with van der Waals surface area (Å²) in [5, 5.41) is 0. The van der Waals surface area contributed by atoms with Crippen LogP contribution in [0.15, 0.2) is 128 Å². The van der Waals surface area contributed by atoms with Crippen LogP contribution in [-0.2, 0) is 85.6 Å². The number of nitrogens with zero attached hydrogens (tertiary/aromatic N) is 6. The lowest BCUT2D eigenvalue weighted by Crippen LogP contribution is -2.35. The minimum Gasteiger partial charge on any atom is -0.206 e. The van der Waals surface area contributed by atoms with Gasteiger partial charge in [0, 0.05) is 78.9 Å². The van der Waals surface area contributed by atoms with Gasteiger partial charge >= 0.3 is 0 Å². The third-order valence-electron chi connectivity index (χ3n) is 20.3. The summed E-state index contributed by atoms with van der Waals surface area (Å²) in [6, 6.07) is 32.6. The highest BCUT2D eigenvalue weighted by atomic mass is 19.1. The number of aryl methyl sites for hydroxylation is 8. The van der Waals surface area contributed by atoms with Gasteiger partial charge in [-0.25, -0.2) is 36.2 Å². The zero-order valence-corrected chi connectivity index (χ0v) is 68.1. The number of hydrogen-bond acceptors (Lipinski definition) is 0. The third-order valence-corrected chi connectivity index (χ3v) is 20.3. The molecule has 6 nitrogen and oxygen atoms in total. The molecule has 0 amide bonds. The van der Waals surface area contributed by atoms with Crippen LogP contribution in [0.5, 0.6) is 0 Å². The molecule has 0 saturated heterocycles. The second-order valence-electron chi connectivity index (χ2n) is 36.9. The van der Waals surface area contributed by atoms with Crippen molar-refractivity contribution in [3.05, 3.63) is 212 Å². The van der Waals surface area contributed by atoms with Gasteiger partial charge in [0.25, 0.3) is 0 Å². The summed E-state index contributed by atoms with van der Waals surface area (Å²) in [6.45, 7) is 65.3. The van der Waals surface area contributed by atoms with Gasteiger partial charge < -0.3 is 0 Å². The van der Waals surface area contributed by atoms with E-state index in [2.05, 4.69) is 326 Å². The molecule has 0 radical (unpaired) electrons. The second-order valence-corrected chi connectivity index (χ2v) is 36.9. The van der Waals surface area contributed by atoms with Gasteiger partial charge in [0.2, 0.25) is 34.2 Å². The summed E-state index contributed by atoms with van der Waals surface area (Å²) in [5.74, 6) is -1.09. The quantitative estimate of drug-likeness (QED) is 0.148. The average molecular weight is 1340 g/mol. The van der Waals surface area contributed by atoms with Crippen molar-refractivity contribution < 1.29 is 36.2 Å². The first-order valence-corrected chi connectivity index (χ1v) is 35.9. The van der Waals surface area contributed by atoms with E-state index in [-0.39, 0.29) is 43.3 Å². The molecule has 0 aliphatic carbocycles. The van der Waals surface area contributed by atoms with Crippen molar-refractivity contribution in [3.8, 4) is 67.5 Å². The van der Waals surface area contributed by atoms with Gasteiger partial charge in [-0.3, -0.25) is 0 Å². The molecule has 9 aromatic rings. The second kappa shape index (κ2) is 28.1. The van der Waals surface area contributed by atoms with Gasteiger partial charge in [-0.2, -0.15) is 0 Å². The van der Waals surface area contributed by atoms with E-state index in [0.717, 1.165) is 28.6 Å². The molecular formula is C91H126F2N6+6. The Morgan fingerprint density at radius 3 is 0.606 bits per heavy atom. The predicted octanol–water partition coefficient (Wildman–Crippen LogP) is 20.2. The molecule has 0 aliphatic heterocycles. The van der Waals surface area contributed by atoms with Crippen LogP contribution in [0, 0.1) is 46.3 Å². The van der Waals surface area contributed by atoms with Crippen molar-refractivity contribution in [1.82, 2.24) is 0 Å². The molecule has 9 rings (SSSR count). The first kappa shape index (κ1) is 78.8. The largest absolute Gasteiger partial charge is 0.215 e. The zero-order chi connectivity index (χ0) is 74.9. The van der Waals surface area contributed by atoms with Crippen LogP contribution in [-0.4, -0.2) is 0 Å². The molecule has 6 aromatic heterocycles. The van der Waals surface area contributed by atoms with E-state index in [1.165, 1.54) is 101 Å². The van der Waals surface area contributed by atoms with Crippen molar-refractivity contribution in [2.75, 3.05) is 0 Å². The average Bonchev–Trinajstić information content (AvgIpc) is 0.743. The number of rotatable bonds is 6. The van der Waals surface area contributed by atoms with Crippen molar-refractivity contribution in [2.45, 2.75) is 244 Å². The van der Waals surface area contributed by atoms with E-state index in [9.17, 15) is 0 Å². The minimum atomic E-state index is -0.546. The number of benzene rings is 3. The van der Waals surface area contributed by atoms with E-state index in [0.29, 0.717) is 16.7 Å².